The lowest BCUT2D eigenvalue weighted by atomic mass is 9.81. The zero-order valence-corrected chi connectivity index (χ0v) is 12.0. The zero-order valence-electron chi connectivity index (χ0n) is 12.0. The number of rotatable bonds is 3. The van der Waals surface area contributed by atoms with Crippen molar-refractivity contribution in [3.63, 3.8) is 0 Å². The number of hydrogen-bond acceptors (Lipinski definition) is 3. The van der Waals surface area contributed by atoms with Gasteiger partial charge in [0, 0.05) is 31.7 Å². The molecule has 104 valence electrons. The van der Waals surface area contributed by atoms with E-state index < -0.39 is 0 Å². The fourth-order valence-electron chi connectivity index (χ4n) is 4.66. The molecule has 0 amide bonds. The van der Waals surface area contributed by atoms with Gasteiger partial charge in [-0.05, 0) is 57.5 Å². The van der Waals surface area contributed by atoms with Gasteiger partial charge >= 0.3 is 0 Å². The molecule has 0 radical (unpaired) electrons. The van der Waals surface area contributed by atoms with Crippen molar-refractivity contribution in [1.82, 2.24) is 9.80 Å². The molecule has 1 saturated heterocycles. The van der Waals surface area contributed by atoms with Gasteiger partial charge in [0.15, 0.2) is 0 Å². The molecule has 3 nitrogen and oxygen atoms in total. The van der Waals surface area contributed by atoms with E-state index in [0.717, 1.165) is 17.8 Å². The average molecular weight is 251 g/mol. The molecule has 1 aliphatic heterocycles. The Bertz CT molecular complexity index is 293. The second-order valence-corrected chi connectivity index (χ2v) is 7.13. The maximum absolute atomic E-state index is 6.56. The van der Waals surface area contributed by atoms with E-state index in [-0.39, 0.29) is 0 Å². The van der Waals surface area contributed by atoms with Crippen molar-refractivity contribution in [1.29, 1.82) is 0 Å². The van der Waals surface area contributed by atoms with Crippen molar-refractivity contribution < 1.29 is 0 Å². The van der Waals surface area contributed by atoms with Gasteiger partial charge in [-0.1, -0.05) is 6.42 Å². The van der Waals surface area contributed by atoms with Gasteiger partial charge in [0.05, 0.1) is 0 Å². The first-order chi connectivity index (χ1) is 8.63. The van der Waals surface area contributed by atoms with Crippen LogP contribution in [0.4, 0.5) is 0 Å². The molecule has 2 N–H and O–H groups in total. The van der Waals surface area contributed by atoms with E-state index >= 15 is 0 Å². The molecule has 2 saturated carbocycles. The van der Waals surface area contributed by atoms with E-state index in [1.54, 1.807) is 0 Å². The van der Waals surface area contributed by atoms with Crippen molar-refractivity contribution in [2.75, 3.05) is 33.7 Å². The fraction of sp³-hybridized carbons (Fsp3) is 1.00. The van der Waals surface area contributed by atoms with E-state index in [0.29, 0.717) is 12.1 Å². The second kappa shape index (κ2) is 5.10. The third-order valence-corrected chi connectivity index (χ3v) is 5.87. The molecule has 18 heavy (non-hydrogen) atoms. The molecule has 0 aromatic rings. The molecule has 3 heteroatoms. The van der Waals surface area contributed by atoms with Crippen LogP contribution in [-0.2, 0) is 0 Å². The summed E-state index contributed by atoms with van der Waals surface area (Å²) in [5.74, 6) is 2.83. The topological polar surface area (TPSA) is 32.5 Å². The quantitative estimate of drug-likeness (QED) is 0.822. The van der Waals surface area contributed by atoms with Gasteiger partial charge in [0.1, 0.15) is 0 Å². The second-order valence-electron chi connectivity index (χ2n) is 7.13. The van der Waals surface area contributed by atoms with Gasteiger partial charge in [-0.2, -0.15) is 0 Å². The standard InChI is InChI=1S/C15H29N3/c1-17-5-6-18(2)13(10-17)9-15(16)14-8-11-3-4-12(14)7-11/h11-15H,3-10,16H2,1-2H3. The first-order valence-electron chi connectivity index (χ1n) is 7.78. The molecule has 3 aliphatic rings. The Morgan fingerprint density at radius 1 is 1.17 bits per heavy atom. The lowest BCUT2D eigenvalue weighted by Gasteiger charge is -2.40. The normalized spacial score (nSPS) is 43.5. The largest absolute Gasteiger partial charge is 0.327 e. The molecule has 3 fully saturated rings. The molecular weight excluding hydrogens is 222 g/mol. The summed E-state index contributed by atoms with van der Waals surface area (Å²) in [6.07, 6.45) is 7.06. The van der Waals surface area contributed by atoms with E-state index in [1.165, 1.54) is 51.7 Å². The molecular formula is C15H29N3. The smallest absolute Gasteiger partial charge is 0.0235 e. The predicted octanol–water partition coefficient (Wildman–Crippen LogP) is 1.39. The number of piperazine rings is 1. The summed E-state index contributed by atoms with van der Waals surface area (Å²) in [6.45, 7) is 3.60. The number of hydrogen-bond donors (Lipinski definition) is 1. The zero-order chi connectivity index (χ0) is 12.7. The number of fused-ring (bicyclic) bond motifs is 2. The molecule has 5 atom stereocenters. The first-order valence-corrected chi connectivity index (χ1v) is 7.78. The Balaban J connectivity index is 1.55. The monoisotopic (exact) mass is 251 g/mol. The summed E-state index contributed by atoms with van der Waals surface area (Å²) >= 11 is 0. The van der Waals surface area contributed by atoms with Crippen molar-refractivity contribution in [2.24, 2.45) is 23.5 Å². The fourth-order valence-corrected chi connectivity index (χ4v) is 4.66. The maximum atomic E-state index is 6.56. The Kier molecular flexibility index (Phi) is 3.65. The van der Waals surface area contributed by atoms with Crippen LogP contribution in [-0.4, -0.2) is 55.6 Å². The molecule has 2 aliphatic carbocycles. The van der Waals surface area contributed by atoms with Crippen LogP contribution in [0.15, 0.2) is 0 Å². The van der Waals surface area contributed by atoms with Crippen molar-refractivity contribution in [3.05, 3.63) is 0 Å². The van der Waals surface area contributed by atoms with Crippen molar-refractivity contribution >= 4 is 0 Å². The van der Waals surface area contributed by atoms with E-state index in [4.69, 9.17) is 5.73 Å². The van der Waals surface area contributed by atoms with Crippen LogP contribution in [0.2, 0.25) is 0 Å². The minimum atomic E-state index is 0.444. The maximum Gasteiger partial charge on any atom is 0.0235 e. The van der Waals surface area contributed by atoms with E-state index in [1.807, 2.05) is 0 Å². The first kappa shape index (κ1) is 12.9. The van der Waals surface area contributed by atoms with Crippen LogP contribution < -0.4 is 5.73 Å². The summed E-state index contributed by atoms with van der Waals surface area (Å²) in [5.41, 5.74) is 6.56. The number of nitrogens with zero attached hydrogens (tertiary/aromatic N) is 2. The third kappa shape index (κ3) is 2.45. The summed E-state index contributed by atoms with van der Waals surface area (Å²) < 4.78 is 0. The highest BCUT2D eigenvalue weighted by atomic mass is 15.3. The minimum absolute atomic E-state index is 0.444. The predicted molar refractivity (Wildman–Crippen MR) is 75.4 cm³/mol. The third-order valence-electron chi connectivity index (χ3n) is 5.87. The number of likely N-dealkylation sites (N-methyl/N-ethyl adjacent to an activating group) is 2. The lowest BCUT2D eigenvalue weighted by molar-refractivity contribution is 0.0946. The highest BCUT2D eigenvalue weighted by Gasteiger charge is 2.42. The average Bonchev–Trinajstić information content (AvgIpc) is 2.96. The van der Waals surface area contributed by atoms with Crippen LogP contribution in [0, 0.1) is 17.8 Å². The van der Waals surface area contributed by atoms with Gasteiger partial charge < -0.3 is 15.5 Å². The summed E-state index contributed by atoms with van der Waals surface area (Å²) in [4.78, 5) is 4.98. The highest BCUT2D eigenvalue weighted by Crippen LogP contribution is 2.49. The lowest BCUT2D eigenvalue weighted by Crippen LogP contribution is -2.52. The Hall–Kier alpha value is -0.120. The van der Waals surface area contributed by atoms with Crippen LogP contribution in [0.1, 0.15) is 32.1 Å². The molecule has 0 spiro atoms. The Labute approximate surface area is 112 Å². The van der Waals surface area contributed by atoms with Crippen molar-refractivity contribution in [2.45, 2.75) is 44.2 Å². The van der Waals surface area contributed by atoms with E-state index in [2.05, 4.69) is 23.9 Å². The van der Waals surface area contributed by atoms with Gasteiger partial charge in [0.25, 0.3) is 0 Å². The van der Waals surface area contributed by atoms with Gasteiger partial charge in [-0.3, -0.25) is 0 Å². The van der Waals surface area contributed by atoms with Crippen LogP contribution in [0.5, 0.6) is 0 Å². The summed E-state index contributed by atoms with van der Waals surface area (Å²) in [5, 5.41) is 0. The van der Waals surface area contributed by atoms with Gasteiger partial charge in [0.2, 0.25) is 0 Å². The Morgan fingerprint density at radius 2 is 2.00 bits per heavy atom. The van der Waals surface area contributed by atoms with Crippen LogP contribution in [0.25, 0.3) is 0 Å². The van der Waals surface area contributed by atoms with Crippen LogP contribution in [0.3, 0.4) is 0 Å². The van der Waals surface area contributed by atoms with Gasteiger partial charge in [-0.15, -0.1) is 0 Å². The molecule has 5 unspecified atom stereocenters. The molecule has 0 aromatic heterocycles. The molecule has 2 bridgehead atoms. The minimum Gasteiger partial charge on any atom is -0.327 e. The summed E-state index contributed by atoms with van der Waals surface area (Å²) in [7, 11) is 4.51. The van der Waals surface area contributed by atoms with Crippen LogP contribution >= 0.6 is 0 Å². The highest BCUT2D eigenvalue weighted by molar-refractivity contribution is 4.96. The Morgan fingerprint density at radius 3 is 2.67 bits per heavy atom. The van der Waals surface area contributed by atoms with E-state index in [9.17, 15) is 0 Å². The number of nitrogens with two attached hydrogens (primary N) is 1. The molecule has 0 aromatic carbocycles. The molecule has 3 rings (SSSR count). The molecule has 1 heterocycles. The van der Waals surface area contributed by atoms with Crippen molar-refractivity contribution in [3.8, 4) is 0 Å². The summed E-state index contributed by atoms with van der Waals surface area (Å²) in [6, 6.07) is 1.12. The SMILES string of the molecule is CN1CCN(C)C(CC(N)C2CC3CCC2C3)C1. The van der Waals surface area contributed by atoms with Gasteiger partial charge in [-0.25, -0.2) is 0 Å².